The second kappa shape index (κ2) is 16.7. The molecular weight excluding hydrogens is 703 g/mol. The van der Waals surface area contributed by atoms with Crippen molar-refractivity contribution in [2.75, 3.05) is 39.2 Å². The van der Waals surface area contributed by atoms with Gasteiger partial charge in [0.05, 0.1) is 42.9 Å². The fourth-order valence-electron chi connectivity index (χ4n) is 5.79. The predicted octanol–water partition coefficient (Wildman–Crippen LogP) is 7.02. The molecular formula is C36H40FN2O6PS3. The summed E-state index contributed by atoms with van der Waals surface area (Å²) >= 11 is 10.8. The third-order valence-corrected chi connectivity index (χ3v) is 14.2. The highest BCUT2D eigenvalue weighted by atomic mass is 32.9. The average molecular weight is 743 g/mol. The summed E-state index contributed by atoms with van der Waals surface area (Å²) in [6, 6.07) is 20.1. The Morgan fingerprint density at radius 2 is 1.73 bits per heavy atom. The third-order valence-electron chi connectivity index (χ3n) is 8.34. The normalized spacial score (nSPS) is 15.4. The zero-order chi connectivity index (χ0) is 35.1. The summed E-state index contributed by atoms with van der Waals surface area (Å²) < 4.78 is 47.7. The number of hydrogen-bond acceptors (Lipinski definition) is 7. The Kier molecular flexibility index (Phi) is 12.7. The van der Waals surface area contributed by atoms with E-state index in [1.165, 1.54) is 12.1 Å². The molecule has 260 valence electrons. The van der Waals surface area contributed by atoms with Crippen molar-refractivity contribution in [3.63, 3.8) is 0 Å². The standard InChI is InChI=1S/C36H40FN2O6PS3/c1-4-5-6-20-44-36(41)34-32(24-33(40)45-29-12-14-30(15-13-29)46(47,48)38-18-21-43-22-19-38)25(2)39(28-9-7-8-27(37)23-28)35(34)26-10-16-31(17-11-26)49(3)42/h7-17,23H,4-6,18-22,24H2,1-3H3,(H,47,48). The Bertz CT molecular complexity index is 1870. The molecule has 0 saturated carbocycles. The molecule has 1 aromatic heterocycles. The van der Waals surface area contributed by atoms with Crippen molar-refractivity contribution in [2.45, 2.75) is 44.4 Å². The van der Waals surface area contributed by atoms with E-state index < -0.39 is 33.9 Å². The number of hydrogen-bond donors (Lipinski definition) is 1. The SMILES string of the molecule is CCCCCOC(=O)c1c(CC(=O)Oc2ccc(P(=S)(S)N3CCOCC3)cc2)c(C)n(-c2cccc(F)c2)c1-c1ccc(S(C)=O)cc1. The van der Waals surface area contributed by atoms with Crippen molar-refractivity contribution in [1.29, 1.82) is 0 Å². The van der Waals surface area contributed by atoms with Crippen molar-refractivity contribution in [3.05, 3.63) is 95.4 Å². The van der Waals surface area contributed by atoms with Crippen LogP contribution in [-0.4, -0.2) is 64.6 Å². The fourth-order valence-corrected chi connectivity index (χ4v) is 9.67. The number of esters is 2. The van der Waals surface area contributed by atoms with Crippen LogP contribution in [0.3, 0.4) is 0 Å². The molecule has 1 aliphatic heterocycles. The second-order valence-corrected chi connectivity index (χ2v) is 19.4. The molecule has 13 heteroatoms. The van der Waals surface area contributed by atoms with Crippen molar-refractivity contribution in [3.8, 4) is 22.7 Å². The van der Waals surface area contributed by atoms with Crippen molar-refractivity contribution in [1.82, 2.24) is 9.24 Å². The van der Waals surface area contributed by atoms with Gasteiger partial charge < -0.3 is 18.8 Å². The zero-order valence-corrected chi connectivity index (χ0v) is 31.1. The Morgan fingerprint density at radius 3 is 2.37 bits per heavy atom. The minimum atomic E-state index is -2.30. The Morgan fingerprint density at radius 1 is 1.04 bits per heavy atom. The maximum absolute atomic E-state index is 14.6. The highest BCUT2D eigenvalue weighted by Crippen LogP contribution is 2.53. The second-order valence-electron chi connectivity index (χ2n) is 11.7. The molecule has 2 atom stereocenters. The van der Waals surface area contributed by atoms with Crippen LogP contribution in [-0.2, 0) is 43.3 Å². The quantitative estimate of drug-likeness (QED) is 0.0515. The van der Waals surface area contributed by atoms with Crippen LogP contribution in [0.2, 0.25) is 0 Å². The van der Waals surface area contributed by atoms with Crippen LogP contribution in [0.4, 0.5) is 4.39 Å². The summed E-state index contributed by atoms with van der Waals surface area (Å²) in [6.07, 6.45) is 3.88. The van der Waals surface area contributed by atoms with Gasteiger partial charge in [-0.2, -0.15) is 0 Å². The molecule has 1 fully saturated rings. The maximum Gasteiger partial charge on any atom is 0.340 e. The molecule has 4 aromatic rings. The highest BCUT2D eigenvalue weighted by molar-refractivity contribution is 8.65. The molecule has 0 amide bonds. The van der Waals surface area contributed by atoms with E-state index in [-0.39, 0.29) is 18.6 Å². The van der Waals surface area contributed by atoms with E-state index in [2.05, 4.69) is 11.6 Å². The van der Waals surface area contributed by atoms with Gasteiger partial charge in [-0.3, -0.25) is 13.7 Å². The van der Waals surface area contributed by atoms with Gasteiger partial charge in [-0.1, -0.05) is 49.8 Å². The van der Waals surface area contributed by atoms with Crippen LogP contribution in [0.25, 0.3) is 16.9 Å². The number of carbonyl (C=O) groups excluding carboxylic acids is 2. The predicted molar refractivity (Wildman–Crippen MR) is 199 cm³/mol. The Balaban J connectivity index is 1.52. The number of carbonyl (C=O) groups is 2. The van der Waals surface area contributed by atoms with Crippen LogP contribution in [0.1, 0.15) is 47.8 Å². The summed E-state index contributed by atoms with van der Waals surface area (Å²) in [5.74, 6) is -1.31. The molecule has 5 rings (SSSR count). The summed E-state index contributed by atoms with van der Waals surface area (Å²) in [4.78, 5) is 28.1. The van der Waals surface area contributed by atoms with Gasteiger partial charge in [0, 0.05) is 51.7 Å². The lowest BCUT2D eigenvalue weighted by Crippen LogP contribution is -2.35. The number of unbranched alkanes of at least 4 members (excludes halogenated alkanes) is 2. The van der Waals surface area contributed by atoms with Gasteiger partial charge in [-0.15, -0.1) is 12.2 Å². The minimum absolute atomic E-state index is 0.192. The van der Waals surface area contributed by atoms with Crippen LogP contribution < -0.4 is 10.0 Å². The first-order chi connectivity index (χ1) is 23.5. The molecule has 3 aromatic carbocycles. The Labute approximate surface area is 299 Å². The van der Waals surface area contributed by atoms with E-state index in [1.807, 2.05) is 12.1 Å². The minimum Gasteiger partial charge on any atom is -0.462 e. The molecule has 0 N–H and O–H groups in total. The summed E-state index contributed by atoms with van der Waals surface area (Å²) in [5, 5.41) is -1.42. The van der Waals surface area contributed by atoms with Gasteiger partial charge >= 0.3 is 11.9 Å². The molecule has 0 radical (unpaired) electrons. The molecule has 49 heavy (non-hydrogen) atoms. The first-order valence-electron chi connectivity index (χ1n) is 16.1. The lowest BCUT2D eigenvalue weighted by molar-refractivity contribution is -0.133. The average Bonchev–Trinajstić information content (AvgIpc) is 3.38. The molecule has 1 aliphatic rings. The smallest absolute Gasteiger partial charge is 0.340 e. The van der Waals surface area contributed by atoms with Crippen molar-refractivity contribution in [2.24, 2.45) is 0 Å². The van der Waals surface area contributed by atoms with Gasteiger partial charge in [0.15, 0.2) is 0 Å². The number of aromatic nitrogens is 1. The van der Waals surface area contributed by atoms with E-state index in [0.29, 0.717) is 71.6 Å². The van der Waals surface area contributed by atoms with E-state index in [0.717, 1.165) is 18.1 Å². The molecule has 1 saturated heterocycles. The van der Waals surface area contributed by atoms with Crippen molar-refractivity contribution >= 4 is 57.5 Å². The Hall–Kier alpha value is -3.12. The van der Waals surface area contributed by atoms with Crippen molar-refractivity contribution < 1.29 is 32.4 Å². The topological polar surface area (TPSA) is 87.1 Å². The summed E-state index contributed by atoms with van der Waals surface area (Å²) in [7, 11) is -1.22. The molecule has 0 spiro atoms. The number of thiol groups is 1. The van der Waals surface area contributed by atoms with Crippen LogP contribution >= 0.6 is 17.6 Å². The number of halogens is 1. The third kappa shape index (κ3) is 8.79. The van der Waals surface area contributed by atoms with E-state index in [1.54, 1.807) is 66.3 Å². The van der Waals surface area contributed by atoms with Crippen LogP contribution in [0.15, 0.2) is 77.7 Å². The van der Waals surface area contributed by atoms with Gasteiger partial charge in [0.1, 0.15) is 11.6 Å². The molecule has 8 nitrogen and oxygen atoms in total. The lowest BCUT2D eigenvalue weighted by atomic mass is 10.0. The number of benzene rings is 3. The van der Waals surface area contributed by atoms with E-state index in [4.69, 9.17) is 38.3 Å². The first-order valence-corrected chi connectivity index (χ1v) is 21.6. The van der Waals surface area contributed by atoms with E-state index in [9.17, 15) is 18.2 Å². The van der Waals surface area contributed by atoms with Gasteiger partial charge in [0.25, 0.3) is 0 Å². The number of ether oxygens (including phenoxy) is 3. The fraction of sp³-hybridized carbons (Fsp3) is 0.333. The molecule has 2 heterocycles. The zero-order valence-electron chi connectivity index (χ0n) is 27.7. The number of nitrogens with zero attached hydrogens (tertiary/aromatic N) is 2. The monoisotopic (exact) mass is 742 g/mol. The lowest BCUT2D eigenvalue weighted by Gasteiger charge is -2.34. The highest BCUT2D eigenvalue weighted by Gasteiger charge is 2.31. The maximum atomic E-state index is 14.6. The summed E-state index contributed by atoms with van der Waals surface area (Å²) in [5.41, 5.74) is 2.67. The molecule has 0 aliphatic carbocycles. The van der Waals surface area contributed by atoms with Gasteiger partial charge in [-0.05, 0) is 79.1 Å². The van der Waals surface area contributed by atoms with Gasteiger partial charge in [-0.25, -0.2) is 9.18 Å². The number of rotatable bonds is 13. The first kappa shape index (κ1) is 37.1. The molecule has 0 bridgehead atoms. The van der Waals surface area contributed by atoms with Gasteiger partial charge in [0.2, 0.25) is 0 Å². The van der Waals surface area contributed by atoms with Crippen LogP contribution in [0.5, 0.6) is 5.75 Å². The van der Waals surface area contributed by atoms with Crippen LogP contribution in [0, 0.1) is 12.7 Å². The summed E-state index contributed by atoms with van der Waals surface area (Å²) in [6.45, 7) is 6.68. The molecule has 2 unspecified atom stereocenters. The largest absolute Gasteiger partial charge is 0.462 e. The van der Waals surface area contributed by atoms with E-state index >= 15 is 0 Å². The number of morpholine rings is 1.